The SMILES string of the molecule is Cc1cc(C)nc(-n2ncc(C#N)c2NC(=O)c2ccccc2N)n1. The number of rotatable bonds is 3. The van der Waals surface area contributed by atoms with Gasteiger partial charge in [0.05, 0.1) is 11.8 Å². The molecule has 0 radical (unpaired) electrons. The van der Waals surface area contributed by atoms with Crippen molar-refractivity contribution >= 4 is 17.4 Å². The molecular formula is C17H15N7O. The summed E-state index contributed by atoms with van der Waals surface area (Å²) < 4.78 is 1.33. The number of carbonyl (C=O) groups excluding carboxylic acids is 1. The van der Waals surface area contributed by atoms with Gasteiger partial charge in [-0.05, 0) is 32.0 Å². The van der Waals surface area contributed by atoms with E-state index in [0.29, 0.717) is 11.3 Å². The van der Waals surface area contributed by atoms with E-state index >= 15 is 0 Å². The summed E-state index contributed by atoms with van der Waals surface area (Å²) in [4.78, 5) is 21.2. The third-order valence-corrected chi connectivity index (χ3v) is 3.49. The van der Waals surface area contributed by atoms with Gasteiger partial charge in [-0.3, -0.25) is 4.79 Å². The number of aryl methyl sites for hydroxylation is 2. The Morgan fingerprint density at radius 1 is 1.24 bits per heavy atom. The molecule has 3 rings (SSSR count). The third kappa shape index (κ3) is 3.16. The number of nitrogen functional groups attached to an aromatic ring is 1. The maximum absolute atomic E-state index is 12.5. The van der Waals surface area contributed by atoms with Gasteiger partial charge in [0, 0.05) is 17.1 Å². The Balaban J connectivity index is 2.04. The molecule has 1 aromatic carbocycles. The van der Waals surface area contributed by atoms with Crippen LogP contribution in [0.1, 0.15) is 27.3 Å². The molecule has 0 aliphatic heterocycles. The Hall–Kier alpha value is -3.73. The minimum Gasteiger partial charge on any atom is -0.398 e. The maximum Gasteiger partial charge on any atom is 0.258 e. The lowest BCUT2D eigenvalue weighted by Crippen LogP contribution is -2.18. The van der Waals surface area contributed by atoms with Crippen molar-refractivity contribution in [2.24, 2.45) is 0 Å². The molecule has 8 nitrogen and oxygen atoms in total. The molecule has 0 atom stereocenters. The number of benzene rings is 1. The minimum atomic E-state index is -0.444. The summed E-state index contributed by atoms with van der Waals surface area (Å²) in [6.07, 6.45) is 1.35. The summed E-state index contributed by atoms with van der Waals surface area (Å²) in [5.74, 6) is 0.0248. The molecule has 3 N–H and O–H groups in total. The first kappa shape index (κ1) is 16.1. The van der Waals surface area contributed by atoms with E-state index < -0.39 is 5.91 Å². The van der Waals surface area contributed by atoms with Crippen LogP contribution in [0, 0.1) is 25.2 Å². The highest BCUT2D eigenvalue weighted by atomic mass is 16.1. The van der Waals surface area contributed by atoms with Gasteiger partial charge in [0.2, 0.25) is 0 Å². The zero-order valence-corrected chi connectivity index (χ0v) is 13.7. The minimum absolute atomic E-state index is 0.195. The Bertz CT molecular complexity index is 980. The number of carbonyl (C=O) groups is 1. The van der Waals surface area contributed by atoms with Gasteiger partial charge in [0.1, 0.15) is 11.6 Å². The number of nitrogens with zero attached hydrogens (tertiary/aromatic N) is 5. The van der Waals surface area contributed by atoms with E-state index in [1.807, 2.05) is 26.0 Å². The number of amides is 1. The van der Waals surface area contributed by atoms with Gasteiger partial charge in [-0.1, -0.05) is 12.1 Å². The highest BCUT2D eigenvalue weighted by molar-refractivity contribution is 6.07. The molecule has 0 saturated carbocycles. The molecule has 0 spiro atoms. The first-order valence-electron chi connectivity index (χ1n) is 7.46. The predicted molar refractivity (Wildman–Crippen MR) is 92.2 cm³/mol. The second-order valence-corrected chi connectivity index (χ2v) is 5.42. The number of aromatic nitrogens is 4. The molecule has 0 aliphatic carbocycles. The van der Waals surface area contributed by atoms with Gasteiger partial charge >= 0.3 is 0 Å². The fourth-order valence-corrected chi connectivity index (χ4v) is 2.38. The van der Waals surface area contributed by atoms with E-state index in [1.165, 1.54) is 10.9 Å². The van der Waals surface area contributed by atoms with Gasteiger partial charge in [0.15, 0.2) is 5.82 Å². The van der Waals surface area contributed by atoms with Crippen LogP contribution in [0.5, 0.6) is 0 Å². The molecule has 1 amide bonds. The van der Waals surface area contributed by atoms with Crippen LogP contribution in [-0.4, -0.2) is 25.7 Å². The van der Waals surface area contributed by atoms with Crippen LogP contribution in [0.25, 0.3) is 5.95 Å². The Kier molecular flexibility index (Phi) is 4.14. The lowest BCUT2D eigenvalue weighted by molar-refractivity contribution is 0.102. The van der Waals surface area contributed by atoms with Gasteiger partial charge in [-0.25, -0.2) is 9.97 Å². The second kappa shape index (κ2) is 6.41. The van der Waals surface area contributed by atoms with Crippen LogP contribution in [0.2, 0.25) is 0 Å². The van der Waals surface area contributed by atoms with Crippen LogP contribution in [0.4, 0.5) is 11.5 Å². The van der Waals surface area contributed by atoms with E-state index in [2.05, 4.69) is 20.4 Å². The number of nitrogens with one attached hydrogen (secondary N) is 1. The molecule has 3 aromatic rings. The molecule has 0 saturated heterocycles. The molecule has 8 heteroatoms. The fraction of sp³-hybridized carbons (Fsp3) is 0.118. The molecule has 124 valence electrons. The Morgan fingerprint density at radius 2 is 1.92 bits per heavy atom. The molecular weight excluding hydrogens is 318 g/mol. The van der Waals surface area contributed by atoms with Crippen molar-refractivity contribution in [1.82, 2.24) is 19.7 Å². The van der Waals surface area contributed by atoms with Crippen molar-refractivity contribution in [3.63, 3.8) is 0 Å². The topological polar surface area (TPSA) is 123 Å². The molecule has 0 bridgehead atoms. The third-order valence-electron chi connectivity index (χ3n) is 3.49. The summed E-state index contributed by atoms with van der Waals surface area (Å²) in [6.45, 7) is 3.66. The summed E-state index contributed by atoms with van der Waals surface area (Å²) >= 11 is 0. The van der Waals surface area contributed by atoms with Crippen LogP contribution in [0.15, 0.2) is 36.5 Å². The Morgan fingerprint density at radius 3 is 2.56 bits per heavy atom. The molecule has 25 heavy (non-hydrogen) atoms. The highest BCUT2D eigenvalue weighted by Gasteiger charge is 2.19. The average Bonchev–Trinajstić information content (AvgIpc) is 2.97. The quantitative estimate of drug-likeness (QED) is 0.707. The van der Waals surface area contributed by atoms with Crippen LogP contribution < -0.4 is 11.1 Å². The van der Waals surface area contributed by atoms with E-state index in [0.717, 1.165) is 11.4 Å². The number of hydrogen-bond acceptors (Lipinski definition) is 6. The normalized spacial score (nSPS) is 10.3. The fourth-order valence-electron chi connectivity index (χ4n) is 2.38. The molecule has 0 aliphatic rings. The largest absolute Gasteiger partial charge is 0.398 e. The average molecular weight is 333 g/mol. The van der Waals surface area contributed by atoms with Crippen LogP contribution in [0.3, 0.4) is 0 Å². The van der Waals surface area contributed by atoms with Crippen molar-refractivity contribution in [2.75, 3.05) is 11.1 Å². The lowest BCUT2D eigenvalue weighted by atomic mass is 10.1. The molecule has 0 unspecified atom stereocenters. The maximum atomic E-state index is 12.5. The first-order valence-corrected chi connectivity index (χ1v) is 7.46. The van der Waals surface area contributed by atoms with Crippen molar-refractivity contribution in [2.45, 2.75) is 13.8 Å². The zero-order valence-electron chi connectivity index (χ0n) is 13.7. The summed E-state index contributed by atoms with van der Waals surface area (Å²) in [5.41, 5.74) is 8.18. The van der Waals surface area contributed by atoms with Gasteiger partial charge in [0.25, 0.3) is 11.9 Å². The number of nitriles is 1. The first-order chi connectivity index (χ1) is 12.0. The summed E-state index contributed by atoms with van der Waals surface area (Å²) in [7, 11) is 0. The van der Waals surface area contributed by atoms with Crippen molar-refractivity contribution in [3.05, 3.63) is 59.0 Å². The number of anilines is 2. The predicted octanol–water partition coefficient (Wildman–Crippen LogP) is 1.99. The highest BCUT2D eigenvalue weighted by Crippen LogP contribution is 2.20. The number of para-hydroxylation sites is 1. The molecule has 2 heterocycles. The van der Waals surface area contributed by atoms with Crippen LogP contribution in [-0.2, 0) is 0 Å². The second-order valence-electron chi connectivity index (χ2n) is 5.42. The number of nitrogens with two attached hydrogens (primary N) is 1. The van der Waals surface area contributed by atoms with Gasteiger partial charge in [-0.2, -0.15) is 15.0 Å². The van der Waals surface area contributed by atoms with E-state index in [-0.39, 0.29) is 17.3 Å². The van der Waals surface area contributed by atoms with E-state index in [4.69, 9.17) is 5.73 Å². The Labute approximate surface area is 143 Å². The monoisotopic (exact) mass is 333 g/mol. The van der Waals surface area contributed by atoms with Gasteiger partial charge in [-0.15, -0.1) is 0 Å². The van der Waals surface area contributed by atoms with Crippen molar-refractivity contribution < 1.29 is 4.79 Å². The van der Waals surface area contributed by atoms with E-state index in [1.54, 1.807) is 24.3 Å². The lowest BCUT2D eigenvalue weighted by Gasteiger charge is -2.10. The molecule has 0 fully saturated rings. The zero-order chi connectivity index (χ0) is 18.0. The van der Waals surface area contributed by atoms with Crippen molar-refractivity contribution in [3.8, 4) is 12.0 Å². The van der Waals surface area contributed by atoms with Gasteiger partial charge < -0.3 is 11.1 Å². The van der Waals surface area contributed by atoms with Crippen molar-refractivity contribution in [1.29, 1.82) is 5.26 Å². The molecule has 2 aromatic heterocycles. The standard InChI is InChI=1S/C17H15N7O/c1-10-7-11(2)22-17(21-10)24-15(12(8-18)9-20-24)23-16(25)13-5-3-4-6-14(13)19/h3-7,9H,19H2,1-2H3,(H,23,25). The van der Waals surface area contributed by atoms with E-state index in [9.17, 15) is 10.1 Å². The van der Waals surface area contributed by atoms with Crippen LogP contribution >= 0.6 is 0 Å². The smallest absolute Gasteiger partial charge is 0.258 e. The summed E-state index contributed by atoms with van der Waals surface area (Å²) in [5, 5.41) is 16.1. The summed E-state index contributed by atoms with van der Waals surface area (Å²) in [6, 6.07) is 10.5. The number of hydrogen-bond donors (Lipinski definition) is 2.